The lowest BCUT2D eigenvalue weighted by Crippen LogP contribution is -2.40. The predicted molar refractivity (Wildman–Crippen MR) is 120 cm³/mol. The van der Waals surface area contributed by atoms with Gasteiger partial charge in [-0.05, 0) is 58.0 Å². The number of morpholine rings is 1. The van der Waals surface area contributed by atoms with Crippen LogP contribution < -0.4 is 10.1 Å². The molecule has 0 bridgehead atoms. The van der Waals surface area contributed by atoms with Crippen LogP contribution in [0.15, 0.2) is 23.1 Å². The SMILES string of the molecule is CC(C)Oc1ccc(S(=O)(=O)N2CCOCC2)cc1NC(=O)CN1CCCCCCC1. The van der Waals surface area contributed by atoms with E-state index in [1.807, 2.05) is 13.8 Å². The summed E-state index contributed by atoms with van der Waals surface area (Å²) in [6.45, 7) is 7.31. The Morgan fingerprint density at radius 3 is 2.35 bits per heavy atom. The van der Waals surface area contributed by atoms with E-state index < -0.39 is 10.0 Å². The monoisotopic (exact) mass is 453 g/mol. The molecule has 1 aromatic carbocycles. The van der Waals surface area contributed by atoms with E-state index >= 15 is 0 Å². The van der Waals surface area contributed by atoms with Crippen molar-refractivity contribution in [3.05, 3.63) is 18.2 Å². The maximum atomic E-state index is 13.1. The zero-order valence-electron chi connectivity index (χ0n) is 18.6. The van der Waals surface area contributed by atoms with Crippen LogP contribution in [0.25, 0.3) is 0 Å². The van der Waals surface area contributed by atoms with Gasteiger partial charge in [-0.25, -0.2) is 8.42 Å². The first kappa shape index (κ1) is 24.0. The number of benzene rings is 1. The Balaban J connectivity index is 1.77. The van der Waals surface area contributed by atoms with Gasteiger partial charge >= 0.3 is 0 Å². The Labute approximate surface area is 185 Å². The molecule has 0 radical (unpaired) electrons. The van der Waals surface area contributed by atoms with E-state index in [-0.39, 0.29) is 16.9 Å². The zero-order chi connectivity index (χ0) is 22.3. The third-order valence-corrected chi connectivity index (χ3v) is 7.41. The topological polar surface area (TPSA) is 88.2 Å². The van der Waals surface area contributed by atoms with Crippen molar-refractivity contribution in [2.24, 2.45) is 0 Å². The molecule has 0 atom stereocenters. The third-order valence-electron chi connectivity index (χ3n) is 5.51. The van der Waals surface area contributed by atoms with Crippen molar-refractivity contribution in [1.82, 2.24) is 9.21 Å². The number of sulfonamides is 1. The van der Waals surface area contributed by atoms with Crippen LogP contribution in [0.5, 0.6) is 5.75 Å². The summed E-state index contributed by atoms with van der Waals surface area (Å²) in [5, 5.41) is 2.90. The number of rotatable bonds is 7. The second-order valence-corrected chi connectivity index (χ2v) is 10.4. The van der Waals surface area contributed by atoms with Crippen LogP contribution in [0.4, 0.5) is 5.69 Å². The summed E-state index contributed by atoms with van der Waals surface area (Å²) in [6.07, 6.45) is 5.76. The third kappa shape index (κ3) is 6.90. The molecule has 31 heavy (non-hydrogen) atoms. The number of carbonyl (C=O) groups excluding carboxylic acids is 1. The van der Waals surface area contributed by atoms with Gasteiger partial charge in [0.2, 0.25) is 15.9 Å². The number of anilines is 1. The largest absolute Gasteiger partial charge is 0.489 e. The lowest BCUT2D eigenvalue weighted by Gasteiger charge is -2.27. The fraction of sp³-hybridized carbons (Fsp3) is 0.682. The highest BCUT2D eigenvalue weighted by Crippen LogP contribution is 2.30. The van der Waals surface area contributed by atoms with Crippen LogP contribution in [0.2, 0.25) is 0 Å². The van der Waals surface area contributed by atoms with Crippen molar-refractivity contribution in [2.45, 2.75) is 57.0 Å². The van der Waals surface area contributed by atoms with Crippen molar-refractivity contribution in [3.8, 4) is 5.75 Å². The van der Waals surface area contributed by atoms with Gasteiger partial charge in [0.25, 0.3) is 0 Å². The van der Waals surface area contributed by atoms with Crippen LogP contribution in [-0.2, 0) is 19.6 Å². The number of hydrogen-bond donors (Lipinski definition) is 1. The van der Waals surface area contributed by atoms with E-state index in [0.717, 1.165) is 25.9 Å². The fourth-order valence-electron chi connectivity index (χ4n) is 3.92. The van der Waals surface area contributed by atoms with Gasteiger partial charge in [-0.2, -0.15) is 4.31 Å². The van der Waals surface area contributed by atoms with Crippen LogP contribution in [0.1, 0.15) is 46.0 Å². The smallest absolute Gasteiger partial charge is 0.243 e. The minimum atomic E-state index is -3.67. The molecular weight excluding hydrogens is 418 g/mol. The summed E-state index contributed by atoms with van der Waals surface area (Å²) in [4.78, 5) is 15.1. The van der Waals surface area contributed by atoms with E-state index in [1.54, 1.807) is 6.07 Å². The fourth-order valence-corrected chi connectivity index (χ4v) is 5.36. The van der Waals surface area contributed by atoms with Crippen molar-refractivity contribution >= 4 is 21.6 Å². The molecule has 9 heteroatoms. The minimum absolute atomic E-state index is 0.105. The molecule has 2 aliphatic heterocycles. The Morgan fingerprint density at radius 2 is 1.71 bits per heavy atom. The summed E-state index contributed by atoms with van der Waals surface area (Å²) < 4.78 is 38.6. The molecule has 1 N–H and O–H groups in total. The lowest BCUT2D eigenvalue weighted by molar-refractivity contribution is -0.117. The van der Waals surface area contributed by atoms with Crippen molar-refractivity contribution in [1.29, 1.82) is 0 Å². The first-order valence-corrected chi connectivity index (χ1v) is 12.7. The van der Waals surface area contributed by atoms with Gasteiger partial charge in [0, 0.05) is 13.1 Å². The highest BCUT2D eigenvalue weighted by atomic mass is 32.2. The Hall–Kier alpha value is -1.68. The molecule has 2 heterocycles. The maximum absolute atomic E-state index is 13.1. The van der Waals surface area contributed by atoms with Gasteiger partial charge in [0.05, 0.1) is 36.4 Å². The number of nitrogens with zero attached hydrogens (tertiary/aromatic N) is 2. The Kier molecular flexibility index (Phi) is 8.71. The molecule has 2 aliphatic rings. The van der Waals surface area contributed by atoms with Crippen molar-refractivity contribution < 1.29 is 22.7 Å². The molecular formula is C22H35N3O5S. The molecule has 1 amide bonds. The van der Waals surface area contributed by atoms with E-state index in [9.17, 15) is 13.2 Å². The predicted octanol–water partition coefficient (Wildman–Crippen LogP) is 2.70. The molecule has 1 aromatic rings. The quantitative estimate of drug-likeness (QED) is 0.683. The van der Waals surface area contributed by atoms with Gasteiger partial charge in [-0.1, -0.05) is 19.3 Å². The zero-order valence-corrected chi connectivity index (χ0v) is 19.5. The number of likely N-dealkylation sites (tertiary alicyclic amines) is 1. The van der Waals surface area contributed by atoms with E-state index in [1.165, 1.54) is 35.7 Å². The Morgan fingerprint density at radius 1 is 1.06 bits per heavy atom. The minimum Gasteiger partial charge on any atom is -0.489 e. The molecule has 0 aromatic heterocycles. The molecule has 174 valence electrons. The second-order valence-electron chi connectivity index (χ2n) is 8.43. The maximum Gasteiger partial charge on any atom is 0.243 e. The standard InChI is InChI=1S/C22H35N3O5S/c1-18(2)30-21-9-8-19(31(27,28)25-12-14-29-15-13-25)16-20(21)23-22(26)17-24-10-6-4-3-5-7-11-24/h8-9,16,18H,3-7,10-15,17H2,1-2H3,(H,23,26). The van der Waals surface area contributed by atoms with Crippen LogP contribution in [-0.4, -0.2) is 75.6 Å². The highest BCUT2D eigenvalue weighted by Gasteiger charge is 2.27. The van der Waals surface area contributed by atoms with Gasteiger partial charge in [-0.15, -0.1) is 0 Å². The van der Waals surface area contributed by atoms with E-state index in [4.69, 9.17) is 9.47 Å². The van der Waals surface area contributed by atoms with Crippen LogP contribution in [0.3, 0.4) is 0 Å². The molecule has 3 rings (SSSR count). The molecule has 0 spiro atoms. The summed E-state index contributed by atoms with van der Waals surface area (Å²) in [5.41, 5.74) is 0.389. The summed E-state index contributed by atoms with van der Waals surface area (Å²) in [5.74, 6) is 0.312. The second kappa shape index (κ2) is 11.3. The first-order valence-electron chi connectivity index (χ1n) is 11.3. The number of carbonyl (C=O) groups is 1. The molecule has 0 saturated carbocycles. The van der Waals surface area contributed by atoms with Gasteiger partial charge in [0.1, 0.15) is 5.75 Å². The highest BCUT2D eigenvalue weighted by molar-refractivity contribution is 7.89. The summed E-state index contributed by atoms with van der Waals surface area (Å²) in [6, 6.07) is 4.67. The van der Waals surface area contributed by atoms with Gasteiger partial charge in [0.15, 0.2) is 0 Å². The average Bonchev–Trinajstić information content (AvgIpc) is 2.71. The number of nitrogens with one attached hydrogen (secondary N) is 1. The van der Waals surface area contributed by atoms with Crippen molar-refractivity contribution in [3.63, 3.8) is 0 Å². The molecule has 2 fully saturated rings. The van der Waals surface area contributed by atoms with Crippen molar-refractivity contribution in [2.75, 3.05) is 51.3 Å². The number of hydrogen-bond acceptors (Lipinski definition) is 6. The molecule has 2 saturated heterocycles. The van der Waals surface area contributed by atoms with Crippen LogP contribution >= 0.6 is 0 Å². The van der Waals surface area contributed by atoms with Gasteiger partial charge < -0.3 is 14.8 Å². The molecule has 8 nitrogen and oxygen atoms in total. The number of ether oxygens (including phenoxy) is 2. The molecule has 0 unspecified atom stereocenters. The number of amides is 1. The summed E-state index contributed by atoms with van der Waals surface area (Å²) in [7, 11) is -3.67. The van der Waals surface area contributed by atoms with E-state index in [0.29, 0.717) is 44.3 Å². The molecule has 0 aliphatic carbocycles. The summed E-state index contributed by atoms with van der Waals surface area (Å²) >= 11 is 0. The first-order chi connectivity index (χ1) is 14.9. The van der Waals surface area contributed by atoms with Crippen LogP contribution in [0, 0.1) is 0 Å². The van der Waals surface area contributed by atoms with Gasteiger partial charge in [-0.3, -0.25) is 9.69 Å². The normalized spacial score (nSPS) is 19.6. The van der Waals surface area contributed by atoms with E-state index in [2.05, 4.69) is 10.2 Å². The Bertz CT molecular complexity index is 830. The lowest BCUT2D eigenvalue weighted by atomic mass is 10.1. The average molecular weight is 454 g/mol.